The normalized spacial score (nSPS) is 27.4. The molecule has 0 radical (unpaired) electrons. The molecule has 12 atom stereocenters. The van der Waals surface area contributed by atoms with Crippen molar-refractivity contribution in [1.82, 2.24) is 5.32 Å². The molecule has 0 aromatic carbocycles. The zero-order chi connectivity index (χ0) is 48.2. The standard InChI is InChI=1S/C52H89NO13/c1-3-5-7-9-11-13-15-17-19-20-22-24-26-28-30-32-34-36-44(57)53-40(41(56)35-33-31-29-27-25-23-21-18-16-14-12-10-8-6-4-2)39-63-51-49(62)47(60)50(43(38-55)65-51)66-52-48(61)46(59)45(58)42(37-54)64-52/h5,7,11,13,17,19,22,24,28,30,33,35,40-43,45-52,54-56,58-62H,3-4,6,8-10,12,14-16,18,20-21,23,25-27,29,31-32,34,36-39H2,1-2H3,(H,53,57)/b7-5-,13-11-,19-17-,24-22-,30-28-,35-33+. The molecule has 0 aliphatic carbocycles. The van der Waals surface area contributed by atoms with Crippen LogP contribution in [0.4, 0.5) is 0 Å². The van der Waals surface area contributed by atoms with E-state index in [1.165, 1.54) is 64.2 Å². The summed E-state index contributed by atoms with van der Waals surface area (Å²) in [6.07, 6.45) is 30.9. The molecule has 2 fully saturated rings. The minimum Gasteiger partial charge on any atom is -0.394 e. The van der Waals surface area contributed by atoms with E-state index in [1.807, 2.05) is 12.2 Å². The van der Waals surface area contributed by atoms with Crippen LogP contribution >= 0.6 is 0 Å². The Morgan fingerprint density at radius 3 is 1.59 bits per heavy atom. The molecule has 2 saturated heterocycles. The predicted molar refractivity (Wildman–Crippen MR) is 258 cm³/mol. The molecule has 1 amide bonds. The van der Waals surface area contributed by atoms with Crippen LogP contribution in [0.5, 0.6) is 0 Å². The van der Waals surface area contributed by atoms with Gasteiger partial charge in [-0.2, -0.15) is 0 Å². The fourth-order valence-electron chi connectivity index (χ4n) is 7.79. The Balaban J connectivity index is 1.89. The third-order valence-electron chi connectivity index (χ3n) is 11.9. The van der Waals surface area contributed by atoms with E-state index in [1.54, 1.807) is 6.08 Å². The van der Waals surface area contributed by atoms with Crippen LogP contribution in [-0.4, -0.2) is 140 Å². The van der Waals surface area contributed by atoms with Crippen molar-refractivity contribution in [3.05, 3.63) is 72.9 Å². The van der Waals surface area contributed by atoms with E-state index in [0.29, 0.717) is 12.8 Å². The Hall–Kier alpha value is -2.57. The van der Waals surface area contributed by atoms with Gasteiger partial charge in [-0.3, -0.25) is 4.79 Å². The molecule has 14 nitrogen and oxygen atoms in total. The van der Waals surface area contributed by atoms with Gasteiger partial charge in [0.15, 0.2) is 12.6 Å². The molecule has 0 bridgehead atoms. The van der Waals surface area contributed by atoms with Crippen LogP contribution in [0.2, 0.25) is 0 Å². The number of carbonyl (C=O) groups is 1. The largest absolute Gasteiger partial charge is 0.394 e. The van der Waals surface area contributed by atoms with Crippen molar-refractivity contribution in [3.63, 3.8) is 0 Å². The van der Waals surface area contributed by atoms with E-state index >= 15 is 0 Å². The van der Waals surface area contributed by atoms with Crippen molar-refractivity contribution < 1.29 is 64.6 Å². The maximum atomic E-state index is 13.1. The molecule has 9 N–H and O–H groups in total. The lowest BCUT2D eigenvalue weighted by Gasteiger charge is -2.46. The first kappa shape index (κ1) is 59.6. The van der Waals surface area contributed by atoms with E-state index in [2.05, 4.69) is 73.8 Å². The molecule has 2 rings (SSSR count). The Morgan fingerprint density at radius 1 is 0.561 bits per heavy atom. The summed E-state index contributed by atoms with van der Waals surface area (Å²) in [5, 5.41) is 86.7. The minimum atomic E-state index is -1.80. The highest BCUT2D eigenvalue weighted by molar-refractivity contribution is 5.76. The summed E-state index contributed by atoms with van der Waals surface area (Å²) in [6.45, 7) is 2.61. The van der Waals surface area contributed by atoms with Crippen molar-refractivity contribution in [3.8, 4) is 0 Å². The predicted octanol–water partition coefficient (Wildman–Crippen LogP) is 6.43. The topological polar surface area (TPSA) is 228 Å². The summed E-state index contributed by atoms with van der Waals surface area (Å²) in [6, 6.07) is -0.947. The Labute approximate surface area is 396 Å². The molecule has 12 unspecified atom stereocenters. The lowest BCUT2D eigenvalue weighted by atomic mass is 9.97. The van der Waals surface area contributed by atoms with Gasteiger partial charge < -0.3 is 65.1 Å². The van der Waals surface area contributed by atoms with Crippen molar-refractivity contribution in [2.45, 2.75) is 229 Å². The summed E-state index contributed by atoms with van der Waals surface area (Å²) in [4.78, 5) is 13.1. The number of amides is 1. The van der Waals surface area contributed by atoms with Gasteiger partial charge in [0.25, 0.3) is 0 Å². The molecule has 0 aromatic rings. The van der Waals surface area contributed by atoms with Gasteiger partial charge in [-0.15, -0.1) is 0 Å². The first-order valence-electron chi connectivity index (χ1n) is 25.2. The van der Waals surface area contributed by atoms with Crippen LogP contribution in [-0.2, 0) is 23.7 Å². The maximum Gasteiger partial charge on any atom is 0.220 e. The van der Waals surface area contributed by atoms with E-state index in [9.17, 15) is 45.6 Å². The van der Waals surface area contributed by atoms with Crippen molar-refractivity contribution >= 4 is 5.91 Å². The molecule has 2 heterocycles. The van der Waals surface area contributed by atoms with Gasteiger partial charge in [-0.1, -0.05) is 164 Å². The number of aliphatic hydroxyl groups is 8. The van der Waals surface area contributed by atoms with Crippen molar-refractivity contribution in [1.29, 1.82) is 0 Å². The Morgan fingerprint density at radius 2 is 1.05 bits per heavy atom. The number of rotatable bonds is 37. The molecule has 380 valence electrons. The quantitative estimate of drug-likeness (QED) is 0.0242. The number of aliphatic hydroxyl groups excluding tert-OH is 8. The molecule has 14 heteroatoms. The fourth-order valence-corrected chi connectivity index (χ4v) is 7.79. The van der Waals surface area contributed by atoms with E-state index in [-0.39, 0.29) is 18.9 Å². The first-order valence-corrected chi connectivity index (χ1v) is 25.2. The van der Waals surface area contributed by atoms with Crippen molar-refractivity contribution in [2.75, 3.05) is 19.8 Å². The zero-order valence-electron chi connectivity index (χ0n) is 40.2. The molecule has 2 aliphatic heterocycles. The van der Waals surface area contributed by atoms with Gasteiger partial charge in [0.1, 0.15) is 48.8 Å². The third kappa shape index (κ3) is 25.2. The minimum absolute atomic E-state index is 0.199. The Bertz CT molecular complexity index is 1380. The summed E-state index contributed by atoms with van der Waals surface area (Å²) in [7, 11) is 0. The fraction of sp³-hybridized carbons (Fsp3) is 0.750. The highest BCUT2D eigenvalue weighted by Crippen LogP contribution is 2.30. The van der Waals surface area contributed by atoms with Gasteiger partial charge in [0.2, 0.25) is 5.91 Å². The number of ether oxygens (including phenoxy) is 4. The molecular formula is C52H89NO13. The van der Waals surface area contributed by atoms with Gasteiger partial charge >= 0.3 is 0 Å². The summed E-state index contributed by atoms with van der Waals surface area (Å²) >= 11 is 0. The van der Waals surface area contributed by atoms with Crippen LogP contribution in [0.15, 0.2) is 72.9 Å². The number of carbonyl (C=O) groups excluding carboxylic acids is 1. The number of nitrogens with one attached hydrogen (secondary N) is 1. The molecule has 0 aromatic heterocycles. The number of hydrogen-bond donors (Lipinski definition) is 9. The second-order valence-corrected chi connectivity index (χ2v) is 17.6. The van der Waals surface area contributed by atoms with Crippen LogP contribution in [0.25, 0.3) is 0 Å². The van der Waals surface area contributed by atoms with E-state index in [4.69, 9.17) is 18.9 Å². The van der Waals surface area contributed by atoms with Crippen molar-refractivity contribution in [2.24, 2.45) is 0 Å². The van der Waals surface area contributed by atoms with Crippen LogP contribution in [0.3, 0.4) is 0 Å². The van der Waals surface area contributed by atoms with E-state index in [0.717, 1.165) is 57.8 Å². The summed E-state index contributed by atoms with van der Waals surface area (Å²) in [5.41, 5.74) is 0. The van der Waals surface area contributed by atoms with Crippen LogP contribution < -0.4 is 5.32 Å². The molecule has 2 aliphatic rings. The number of allylic oxidation sites excluding steroid dienone is 11. The molecule has 0 spiro atoms. The van der Waals surface area contributed by atoms with Gasteiger partial charge in [-0.05, 0) is 57.8 Å². The average molecular weight is 936 g/mol. The number of hydrogen-bond acceptors (Lipinski definition) is 13. The first-order chi connectivity index (χ1) is 32.1. The van der Waals surface area contributed by atoms with E-state index < -0.39 is 86.8 Å². The maximum absolute atomic E-state index is 13.1. The highest BCUT2D eigenvalue weighted by Gasteiger charge is 2.51. The summed E-state index contributed by atoms with van der Waals surface area (Å²) < 4.78 is 22.6. The van der Waals surface area contributed by atoms with Gasteiger partial charge in [0.05, 0.1) is 32.0 Å². The van der Waals surface area contributed by atoms with Crippen LogP contribution in [0.1, 0.15) is 155 Å². The van der Waals surface area contributed by atoms with Gasteiger partial charge in [0, 0.05) is 6.42 Å². The smallest absolute Gasteiger partial charge is 0.220 e. The lowest BCUT2D eigenvalue weighted by Crippen LogP contribution is -2.65. The van der Waals surface area contributed by atoms with Gasteiger partial charge in [-0.25, -0.2) is 0 Å². The molecule has 66 heavy (non-hydrogen) atoms. The molecular weight excluding hydrogens is 847 g/mol. The highest BCUT2D eigenvalue weighted by atomic mass is 16.7. The SMILES string of the molecule is CC/C=C\C/C=C\C/C=C\C/C=C\C/C=C\CCCC(=O)NC(COC1OC(CO)C(OC2OC(CO)C(O)C(O)C2O)C(O)C1O)C(O)/C=C/CCCCCCCCCCCCCCC. The average Bonchev–Trinajstić information content (AvgIpc) is 3.31. The lowest BCUT2D eigenvalue weighted by molar-refractivity contribution is -0.359. The monoisotopic (exact) mass is 936 g/mol. The zero-order valence-corrected chi connectivity index (χ0v) is 40.2. The third-order valence-corrected chi connectivity index (χ3v) is 11.9. The van der Waals surface area contributed by atoms with Crippen LogP contribution in [0, 0.1) is 0 Å². The number of unbranched alkanes of at least 4 members (excludes halogenated alkanes) is 14. The Kier molecular flexibility index (Phi) is 34.6. The second kappa shape index (κ2) is 38.3. The second-order valence-electron chi connectivity index (χ2n) is 17.6. The summed E-state index contributed by atoms with van der Waals surface area (Å²) in [5.74, 6) is -0.300. The molecule has 0 saturated carbocycles.